The van der Waals surface area contributed by atoms with Crippen molar-refractivity contribution in [1.82, 2.24) is 0 Å². The van der Waals surface area contributed by atoms with Gasteiger partial charge in [0, 0.05) is 17.1 Å². The van der Waals surface area contributed by atoms with E-state index in [0.29, 0.717) is 5.84 Å². The molecule has 1 aliphatic heterocycles. The predicted molar refractivity (Wildman–Crippen MR) is 67.4 cm³/mol. The minimum absolute atomic E-state index is 0.0838. The van der Waals surface area contributed by atoms with E-state index in [1.54, 1.807) is 0 Å². The fourth-order valence-electron chi connectivity index (χ4n) is 1.63. The molecule has 0 atom stereocenters. The average molecular weight is 231 g/mol. The highest BCUT2D eigenvalue weighted by molar-refractivity contribution is 7.87. The van der Waals surface area contributed by atoms with Crippen LogP contribution in [0.2, 0.25) is 0 Å². The zero-order chi connectivity index (χ0) is 11.2. The normalized spacial score (nSPS) is 17.1. The molecule has 82 valence electrons. The first-order valence-corrected chi connectivity index (χ1v) is 6.83. The van der Waals surface area contributed by atoms with Crippen LogP contribution >= 0.6 is 0 Å². The van der Waals surface area contributed by atoms with Crippen LogP contribution in [0, 0.1) is 11.5 Å². The SMILES string of the molecule is N#CN=C(N=S1CCCC1)c1ccccc1. The summed E-state index contributed by atoms with van der Waals surface area (Å²) < 4.78 is 4.59. The van der Waals surface area contributed by atoms with Gasteiger partial charge in [-0.3, -0.25) is 0 Å². The molecule has 0 aliphatic carbocycles. The van der Waals surface area contributed by atoms with Crippen LogP contribution in [-0.2, 0) is 10.7 Å². The summed E-state index contributed by atoms with van der Waals surface area (Å²) in [5.41, 5.74) is 0.934. The summed E-state index contributed by atoms with van der Waals surface area (Å²) in [5, 5.41) is 8.68. The van der Waals surface area contributed by atoms with Crippen molar-refractivity contribution in [2.45, 2.75) is 12.8 Å². The molecule has 1 heterocycles. The van der Waals surface area contributed by atoms with Crippen molar-refractivity contribution < 1.29 is 0 Å². The molecule has 0 unspecified atom stereocenters. The molecule has 1 saturated heterocycles. The molecular weight excluding hydrogens is 218 g/mol. The zero-order valence-electron chi connectivity index (χ0n) is 8.97. The summed E-state index contributed by atoms with van der Waals surface area (Å²) in [6.45, 7) is 0. The van der Waals surface area contributed by atoms with Crippen molar-refractivity contribution in [3.63, 3.8) is 0 Å². The number of nitriles is 1. The average Bonchev–Trinajstić information content (AvgIpc) is 2.83. The standard InChI is InChI=1S/C12H13N3S/c13-10-14-12(11-6-2-1-3-7-11)15-16-8-4-5-9-16/h1-3,6-7H,4-5,8-9H2. The van der Waals surface area contributed by atoms with E-state index in [2.05, 4.69) is 9.36 Å². The van der Waals surface area contributed by atoms with Crippen molar-refractivity contribution in [2.75, 3.05) is 11.5 Å². The highest BCUT2D eigenvalue weighted by atomic mass is 32.2. The molecule has 0 radical (unpaired) electrons. The molecule has 3 nitrogen and oxygen atoms in total. The third-order valence-electron chi connectivity index (χ3n) is 2.41. The highest BCUT2D eigenvalue weighted by Crippen LogP contribution is 2.11. The number of amidine groups is 1. The van der Waals surface area contributed by atoms with Gasteiger partial charge in [-0.25, -0.2) is 4.36 Å². The maximum atomic E-state index is 8.68. The lowest BCUT2D eigenvalue weighted by Gasteiger charge is -2.01. The molecule has 1 fully saturated rings. The van der Waals surface area contributed by atoms with E-state index >= 15 is 0 Å². The number of rotatable bonds is 1. The van der Waals surface area contributed by atoms with Crippen LogP contribution in [0.1, 0.15) is 18.4 Å². The Balaban J connectivity index is 2.29. The Morgan fingerprint density at radius 1 is 1.19 bits per heavy atom. The lowest BCUT2D eigenvalue weighted by atomic mass is 10.2. The minimum atomic E-state index is 0.0838. The molecule has 16 heavy (non-hydrogen) atoms. The van der Waals surface area contributed by atoms with Gasteiger partial charge in [-0.15, -0.1) is 0 Å². The molecule has 2 rings (SSSR count). The van der Waals surface area contributed by atoms with Gasteiger partial charge in [-0.05, 0) is 12.8 Å². The van der Waals surface area contributed by atoms with Crippen molar-refractivity contribution >= 4 is 16.5 Å². The number of aliphatic imine (C=N–C) groups is 1. The first-order chi connectivity index (χ1) is 7.90. The van der Waals surface area contributed by atoms with E-state index in [1.807, 2.05) is 36.5 Å². The molecular formula is C12H13N3S. The van der Waals surface area contributed by atoms with E-state index in [1.165, 1.54) is 12.8 Å². The Morgan fingerprint density at radius 2 is 1.88 bits per heavy atom. The lowest BCUT2D eigenvalue weighted by molar-refractivity contribution is 0.949. The molecule has 0 aromatic heterocycles. The van der Waals surface area contributed by atoms with Gasteiger partial charge in [0.2, 0.25) is 6.19 Å². The lowest BCUT2D eigenvalue weighted by Crippen LogP contribution is -2.01. The Labute approximate surface area is 97.9 Å². The van der Waals surface area contributed by atoms with Gasteiger partial charge < -0.3 is 0 Å². The van der Waals surface area contributed by atoms with E-state index in [4.69, 9.17) is 5.26 Å². The maximum Gasteiger partial charge on any atom is 0.207 e. The van der Waals surface area contributed by atoms with E-state index < -0.39 is 0 Å². The summed E-state index contributed by atoms with van der Waals surface area (Å²) in [6, 6.07) is 9.72. The first-order valence-electron chi connectivity index (χ1n) is 5.32. The Morgan fingerprint density at radius 3 is 2.50 bits per heavy atom. The van der Waals surface area contributed by atoms with E-state index in [0.717, 1.165) is 17.1 Å². The van der Waals surface area contributed by atoms with Crippen LogP contribution in [-0.4, -0.2) is 17.3 Å². The fraction of sp³-hybridized carbons (Fsp3) is 0.333. The molecule has 0 amide bonds. The largest absolute Gasteiger partial charge is 0.207 e. The highest BCUT2D eigenvalue weighted by Gasteiger charge is 2.09. The quantitative estimate of drug-likeness (QED) is 0.416. The molecule has 0 saturated carbocycles. The van der Waals surface area contributed by atoms with Crippen molar-refractivity contribution in [3.05, 3.63) is 35.9 Å². The summed E-state index contributed by atoms with van der Waals surface area (Å²) in [7, 11) is 0.0838. The summed E-state index contributed by atoms with van der Waals surface area (Å²) >= 11 is 0. The van der Waals surface area contributed by atoms with E-state index in [-0.39, 0.29) is 10.7 Å². The number of hydrogen-bond acceptors (Lipinski definition) is 2. The van der Waals surface area contributed by atoms with Gasteiger partial charge >= 0.3 is 0 Å². The van der Waals surface area contributed by atoms with Gasteiger partial charge in [0.15, 0.2) is 5.84 Å². The fourth-order valence-corrected chi connectivity index (χ4v) is 3.48. The number of nitrogens with zero attached hydrogens (tertiary/aromatic N) is 3. The van der Waals surface area contributed by atoms with Gasteiger partial charge in [0.1, 0.15) is 0 Å². The van der Waals surface area contributed by atoms with Crippen LogP contribution in [0.4, 0.5) is 0 Å². The molecule has 1 aromatic carbocycles. The second-order valence-corrected chi connectivity index (χ2v) is 5.49. The molecule has 0 N–H and O–H groups in total. The Kier molecular flexibility index (Phi) is 3.84. The van der Waals surface area contributed by atoms with Crippen LogP contribution in [0.5, 0.6) is 0 Å². The Hall–Kier alpha value is -1.47. The number of benzene rings is 1. The second-order valence-electron chi connectivity index (χ2n) is 3.57. The Bertz CT molecular complexity index is 449. The summed E-state index contributed by atoms with van der Waals surface area (Å²) in [4.78, 5) is 3.82. The van der Waals surface area contributed by atoms with Gasteiger partial charge in [-0.1, -0.05) is 41.0 Å². The van der Waals surface area contributed by atoms with Gasteiger partial charge in [0.05, 0.1) is 0 Å². The smallest absolute Gasteiger partial charge is 0.206 e. The monoisotopic (exact) mass is 231 g/mol. The van der Waals surface area contributed by atoms with Gasteiger partial charge in [0.25, 0.3) is 0 Å². The van der Waals surface area contributed by atoms with Gasteiger partial charge in [-0.2, -0.15) is 10.3 Å². The molecule has 4 heteroatoms. The third kappa shape index (κ3) is 2.77. The maximum absolute atomic E-state index is 8.68. The predicted octanol–water partition coefficient (Wildman–Crippen LogP) is 2.51. The van der Waals surface area contributed by atoms with E-state index in [9.17, 15) is 0 Å². The van der Waals surface area contributed by atoms with Crippen LogP contribution in [0.15, 0.2) is 39.7 Å². The van der Waals surface area contributed by atoms with Crippen molar-refractivity contribution in [2.24, 2.45) is 9.36 Å². The zero-order valence-corrected chi connectivity index (χ0v) is 9.78. The second kappa shape index (κ2) is 5.57. The summed E-state index contributed by atoms with van der Waals surface area (Å²) in [5.74, 6) is 2.89. The topological polar surface area (TPSA) is 48.5 Å². The summed E-state index contributed by atoms with van der Waals surface area (Å²) in [6.07, 6.45) is 4.34. The third-order valence-corrected chi connectivity index (χ3v) is 4.36. The number of hydrogen-bond donors (Lipinski definition) is 0. The molecule has 0 bridgehead atoms. The molecule has 1 aliphatic rings. The minimum Gasteiger partial charge on any atom is -0.206 e. The van der Waals surface area contributed by atoms with Crippen molar-refractivity contribution in [1.29, 1.82) is 5.26 Å². The first kappa shape index (κ1) is 11.0. The van der Waals surface area contributed by atoms with Crippen LogP contribution < -0.4 is 0 Å². The molecule has 0 spiro atoms. The molecule has 1 aromatic rings. The van der Waals surface area contributed by atoms with Crippen molar-refractivity contribution in [3.8, 4) is 6.19 Å². The van der Waals surface area contributed by atoms with Crippen LogP contribution in [0.25, 0.3) is 0 Å². The van der Waals surface area contributed by atoms with Crippen LogP contribution in [0.3, 0.4) is 0 Å².